The van der Waals surface area contributed by atoms with Crippen LogP contribution >= 0.6 is 11.6 Å². The van der Waals surface area contributed by atoms with Crippen LogP contribution in [-0.4, -0.2) is 6.21 Å². The first-order chi connectivity index (χ1) is 6.59. The number of allylic oxidation sites excluding steroid dienone is 2. The van der Waals surface area contributed by atoms with Gasteiger partial charge in [0.25, 0.3) is 0 Å². The summed E-state index contributed by atoms with van der Waals surface area (Å²) in [7, 11) is 0. The third-order valence-corrected chi connectivity index (χ3v) is 1.07. The molecular weight excluding hydrogens is 196 g/mol. The summed E-state index contributed by atoms with van der Waals surface area (Å²) >= 11 is 5.57. The molecule has 0 spiro atoms. The molecule has 0 aliphatic rings. The van der Waals surface area contributed by atoms with Gasteiger partial charge in [0.1, 0.15) is 0 Å². The van der Waals surface area contributed by atoms with Crippen LogP contribution in [0.4, 0.5) is 0 Å². The number of rotatable bonds is 2. The molecule has 0 aromatic heterocycles. The van der Waals surface area contributed by atoms with Crippen LogP contribution in [0.1, 0.15) is 41.5 Å². The molecule has 0 aromatic carbocycles. The van der Waals surface area contributed by atoms with E-state index in [0.29, 0.717) is 16.4 Å². The van der Waals surface area contributed by atoms with E-state index >= 15 is 0 Å². The molecule has 0 rings (SSSR count). The van der Waals surface area contributed by atoms with Crippen LogP contribution in [0, 0.1) is 0 Å². The molecule has 0 bridgehead atoms. The number of nitrogens with two attached hydrogens (primary N) is 1. The lowest BCUT2D eigenvalue weighted by Crippen LogP contribution is -1.96. The van der Waals surface area contributed by atoms with Crippen molar-refractivity contribution in [3.05, 3.63) is 23.0 Å². The van der Waals surface area contributed by atoms with E-state index in [1.54, 1.807) is 20.1 Å². The zero-order chi connectivity index (χ0) is 12.1. The Balaban J connectivity index is -0.000000266. The lowest BCUT2D eigenvalue weighted by atomic mass is 10.3. The van der Waals surface area contributed by atoms with Crippen molar-refractivity contribution >= 4 is 17.8 Å². The predicted octanol–water partition coefficient (Wildman–Crippen LogP) is 4.07. The van der Waals surface area contributed by atoms with Gasteiger partial charge in [-0.1, -0.05) is 45.9 Å². The maximum atomic E-state index is 5.57. The first kappa shape index (κ1) is 18.9. The maximum absolute atomic E-state index is 5.57. The van der Waals surface area contributed by atoms with Crippen molar-refractivity contribution in [2.24, 2.45) is 10.7 Å². The Hall–Kier alpha value is -0.760. The van der Waals surface area contributed by atoms with Crippen molar-refractivity contribution in [2.45, 2.75) is 41.5 Å². The first-order valence-electron chi connectivity index (χ1n) is 4.89. The van der Waals surface area contributed by atoms with Gasteiger partial charge in [0, 0.05) is 11.9 Å². The second-order valence-corrected chi connectivity index (χ2v) is 2.28. The van der Waals surface area contributed by atoms with Gasteiger partial charge in [0.15, 0.2) is 0 Å². The van der Waals surface area contributed by atoms with Crippen LogP contribution in [0.25, 0.3) is 0 Å². The molecule has 0 aliphatic carbocycles. The average molecular weight is 219 g/mol. The largest absolute Gasteiger partial charge is 0.400 e. The summed E-state index contributed by atoms with van der Waals surface area (Å²) in [6, 6.07) is 0. The highest BCUT2D eigenvalue weighted by Gasteiger charge is 1.97. The van der Waals surface area contributed by atoms with E-state index in [2.05, 4.69) is 11.6 Å². The number of nitrogens with zero attached hydrogens (tertiary/aromatic N) is 1. The molecular formula is C11H23ClN2. The van der Waals surface area contributed by atoms with Crippen LogP contribution in [0.5, 0.6) is 0 Å². The average Bonchev–Trinajstić information content (AvgIpc) is 2.19. The van der Waals surface area contributed by atoms with Crippen LogP contribution in [0.3, 0.4) is 0 Å². The van der Waals surface area contributed by atoms with Gasteiger partial charge < -0.3 is 5.73 Å². The molecule has 2 N–H and O–H groups in total. The normalized spacial score (nSPS) is 10.5. The van der Waals surface area contributed by atoms with E-state index in [1.165, 1.54) is 0 Å². The predicted molar refractivity (Wildman–Crippen MR) is 68.7 cm³/mol. The van der Waals surface area contributed by atoms with Crippen LogP contribution in [0.2, 0.25) is 0 Å². The molecule has 0 aliphatic heterocycles. The fraction of sp³-hybridized carbons (Fsp3) is 0.545. The summed E-state index contributed by atoms with van der Waals surface area (Å²) in [6.45, 7) is 15.0. The Labute approximate surface area is 93.6 Å². The summed E-state index contributed by atoms with van der Waals surface area (Å²) in [5.74, 6) is 0. The van der Waals surface area contributed by atoms with Crippen LogP contribution in [-0.2, 0) is 0 Å². The van der Waals surface area contributed by atoms with E-state index in [0.717, 1.165) is 0 Å². The van der Waals surface area contributed by atoms with Crippen LogP contribution in [0.15, 0.2) is 28.0 Å². The van der Waals surface area contributed by atoms with Gasteiger partial charge in [-0.25, -0.2) is 0 Å². The number of aliphatic imine (C=N–C) groups is 1. The van der Waals surface area contributed by atoms with E-state index in [4.69, 9.17) is 17.3 Å². The maximum Gasteiger partial charge on any atom is 0.0989 e. The third-order valence-electron chi connectivity index (χ3n) is 0.889. The highest BCUT2D eigenvalue weighted by atomic mass is 35.5. The smallest absolute Gasteiger partial charge is 0.0989 e. The van der Waals surface area contributed by atoms with E-state index < -0.39 is 0 Å². The van der Waals surface area contributed by atoms with E-state index in [9.17, 15) is 0 Å². The second kappa shape index (κ2) is 14.7. The number of halogens is 1. The van der Waals surface area contributed by atoms with E-state index in [1.807, 2.05) is 27.7 Å². The molecule has 0 amide bonds. The van der Waals surface area contributed by atoms with Gasteiger partial charge in [0.2, 0.25) is 0 Å². The lowest BCUT2D eigenvalue weighted by Gasteiger charge is -1.98. The minimum absolute atomic E-state index is 0.373. The molecule has 0 unspecified atom stereocenters. The van der Waals surface area contributed by atoms with Gasteiger partial charge in [-0.3, -0.25) is 4.99 Å². The van der Waals surface area contributed by atoms with Crippen molar-refractivity contribution in [3.8, 4) is 0 Å². The Morgan fingerprint density at radius 3 is 1.71 bits per heavy atom. The molecule has 3 heteroatoms. The van der Waals surface area contributed by atoms with Crippen molar-refractivity contribution in [2.75, 3.05) is 0 Å². The Morgan fingerprint density at radius 1 is 1.29 bits per heavy atom. The summed E-state index contributed by atoms with van der Waals surface area (Å²) in [5, 5.41) is 0.373. The van der Waals surface area contributed by atoms with Crippen molar-refractivity contribution in [3.63, 3.8) is 0 Å². The summed E-state index contributed by atoms with van der Waals surface area (Å²) < 4.78 is 0. The van der Waals surface area contributed by atoms with Crippen LogP contribution < -0.4 is 5.73 Å². The first-order valence-corrected chi connectivity index (χ1v) is 5.27. The lowest BCUT2D eigenvalue weighted by molar-refractivity contribution is 1.20. The van der Waals surface area contributed by atoms with Crippen molar-refractivity contribution < 1.29 is 0 Å². The fourth-order valence-corrected chi connectivity index (χ4v) is 0.713. The van der Waals surface area contributed by atoms with E-state index in [-0.39, 0.29) is 0 Å². The van der Waals surface area contributed by atoms with Crippen molar-refractivity contribution in [1.29, 1.82) is 0 Å². The Morgan fingerprint density at radius 2 is 1.64 bits per heavy atom. The molecule has 84 valence electrons. The zero-order valence-electron chi connectivity index (χ0n) is 10.2. The molecule has 0 saturated carbocycles. The molecule has 0 saturated heterocycles. The number of hydrogen-bond donors (Lipinski definition) is 1. The Kier molecular flexibility index (Phi) is 19.9. The standard InChI is InChI=1S/C7H11ClN2.2C2H6/c1-4-10-7(5(2)8)6(3)9;2*1-2/h4H,2,9H2,1,3H3;2*1-2H3/b7-6+,10-4?;;. The van der Waals surface area contributed by atoms with Gasteiger partial charge in [-0.15, -0.1) is 0 Å². The van der Waals surface area contributed by atoms with Gasteiger partial charge in [-0.2, -0.15) is 0 Å². The quantitative estimate of drug-likeness (QED) is 0.551. The molecule has 14 heavy (non-hydrogen) atoms. The zero-order valence-corrected chi connectivity index (χ0v) is 10.9. The summed E-state index contributed by atoms with van der Waals surface area (Å²) in [6.07, 6.45) is 1.62. The van der Waals surface area contributed by atoms with Gasteiger partial charge >= 0.3 is 0 Å². The van der Waals surface area contributed by atoms with Crippen molar-refractivity contribution in [1.82, 2.24) is 0 Å². The SMILES string of the molecule is C=C(Cl)/C(N=CC)=C(/C)N.CC.CC. The summed E-state index contributed by atoms with van der Waals surface area (Å²) in [5.41, 5.74) is 6.59. The summed E-state index contributed by atoms with van der Waals surface area (Å²) in [4.78, 5) is 3.92. The highest BCUT2D eigenvalue weighted by Crippen LogP contribution is 2.14. The second-order valence-electron chi connectivity index (χ2n) is 1.82. The minimum atomic E-state index is 0.373. The van der Waals surface area contributed by atoms with Gasteiger partial charge in [0.05, 0.1) is 10.7 Å². The molecule has 0 fully saturated rings. The highest BCUT2D eigenvalue weighted by molar-refractivity contribution is 6.31. The fourth-order valence-electron chi connectivity index (χ4n) is 0.515. The topological polar surface area (TPSA) is 38.4 Å². The molecule has 0 aromatic rings. The minimum Gasteiger partial charge on any atom is -0.400 e. The Bertz CT molecular complexity index is 189. The van der Waals surface area contributed by atoms with Gasteiger partial charge in [-0.05, 0) is 13.8 Å². The molecule has 0 radical (unpaired) electrons. The third kappa shape index (κ3) is 11.2. The monoisotopic (exact) mass is 218 g/mol. The molecule has 2 nitrogen and oxygen atoms in total. The molecule has 0 heterocycles. The number of hydrogen-bond acceptors (Lipinski definition) is 2. The molecule has 0 atom stereocenters.